The fourth-order valence-corrected chi connectivity index (χ4v) is 2.18. The highest BCUT2D eigenvalue weighted by Gasteiger charge is 2.40. The van der Waals surface area contributed by atoms with E-state index in [-0.39, 0.29) is 6.42 Å². The van der Waals surface area contributed by atoms with Crippen LogP contribution in [0.1, 0.15) is 12.0 Å². The van der Waals surface area contributed by atoms with Crippen molar-refractivity contribution in [1.29, 1.82) is 0 Å². The summed E-state index contributed by atoms with van der Waals surface area (Å²) in [4.78, 5) is 24.9. The van der Waals surface area contributed by atoms with Crippen molar-refractivity contribution in [3.63, 3.8) is 0 Å². The Labute approximate surface area is 120 Å². The third-order valence-corrected chi connectivity index (χ3v) is 3.34. The quantitative estimate of drug-likeness (QED) is 0.513. The fraction of sp³-hybridized carbons (Fsp3) is 0.286. The van der Waals surface area contributed by atoms with E-state index in [9.17, 15) is 19.8 Å². The lowest BCUT2D eigenvalue weighted by Gasteiger charge is -2.24. The number of carboxylic acid groups (broad SMARTS) is 2. The first-order valence-corrected chi connectivity index (χ1v) is 6.25. The van der Waals surface area contributed by atoms with Crippen LogP contribution in [0.5, 0.6) is 0 Å². The Bertz CT molecular complexity index is 681. The molecule has 2 aromatic rings. The number of aromatic amines is 1. The van der Waals surface area contributed by atoms with Crippen LogP contribution >= 0.6 is 0 Å². The summed E-state index contributed by atoms with van der Waals surface area (Å²) in [5, 5.41) is 29.0. The molecule has 0 aliphatic rings. The molecule has 0 saturated carbocycles. The van der Waals surface area contributed by atoms with E-state index in [0.29, 0.717) is 5.56 Å². The van der Waals surface area contributed by atoms with E-state index in [1.165, 1.54) is 0 Å². The molecule has 0 amide bonds. The predicted octanol–water partition coefficient (Wildman–Crippen LogP) is 0.128. The van der Waals surface area contributed by atoms with Crippen molar-refractivity contribution in [1.82, 2.24) is 4.98 Å². The lowest BCUT2D eigenvalue weighted by molar-refractivity contribution is -0.160. The third-order valence-electron chi connectivity index (χ3n) is 3.34. The Balaban J connectivity index is 2.31. The van der Waals surface area contributed by atoms with Crippen LogP contribution in [0.15, 0.2) is 24.3 Å². The minimum absolute atomic E-state index is 0.284. The molecule has 1 radical (unpaired) electrons. The number of benzene rings is 1. The van der Waals surface area contributed by atoms with Gasteiger partial charge in [-0.3, -0.25) is 4.79 Å². The van der Waals surface area contributed by atoms with Crippen LogP contribution < -0.4 is 5.73 Å². The highest BCUT2D eigenvalue weighted by molar-refractivity contribution is 5.85. The number of aliphatic carboxylic acids is 2. The molecule has 0 bridgehead atoms. The van der Waals surface area contributed by atoms with Crippen molar-refractivity contribution in [2.24, 2.45) is 5.73 Å². The van der Waals surface area contributed by atoms with Crippen LogP contribution in [0.4, 0.5) is 0 Å². The van der Waals surface area contributed by atoms with Crippen molar-refractivity contribution in [2.75, 3.05) is 0 Å². The molecule has 6 N–H and O–H groups in total. The van der Waals surface area contributed by atoms with Gasteiger partial charge in [0.05, 0.1) is 6.20 Å². The van der Waals surface area contributed by atoms with Gasteiger partial charge in [0.2, 0.25) is 0 Å². The van der Waals surface area contributed by atoms with Crippen LogP contribution in [-0.2, 0) is 16.0 Å². The topological polar surface area (TPSA) is 137 Å². The molecule has 1 heterocycles. The summed E-state index contributed by atoms with van der Waals surface area (Å²) < 4.78 is 0. The number of hydrogen-bond acceptors (Lipinski definition) is 4. The molecule has 1 aromatic heterocycles. The molecule has 2 rings (SSSR count). The second-order valence-electron chi connectivity index (χ2n) is 4.94. The minimum atomic E-state index is -2.26. The summed E-state index contributed by atoms with van der Waals surface area (Å²) in [5.74, 6) is -2.88. The number of aliphatic hydroxyl groups is 1. The van der Waals surface area contributed by atoms with Gasteiger partial charge in [0.1, 0.15) is 6.04 Å². The van der Waals surface area contributed by atoms with Crippen molar-refractivity contribution in [3.05, 3.63) is 36.0 Å². The number of H-pyrrole nitrogens is 1. The summed E-state index contributed by atoms with van der Waals surface area (Å²) in [5.41, 5.74) is 4.29. The van der Waals surface area contributed by atoms with Crippen LogP contribution in [0.3, 0.4) is 0 Å². The zero-order valence-corrected chi connectivity index (χ0v) is 11.0. The van der Waals surface area contributed by atoms with Gasteiger partial charge in [-0.2, -0.15) is 0 Å². The highest BCUT2D eigenvalue weighted by atomic mass is 16.4. The maximum absolute atomic E-state index is 11.3. The van der Waals surface area contributed by atoms with Gasteiger partial charge in [0.25, 0.3) is 0 Å². The number of hydrogen-bond donors (Lipinski definition) is 5. The second-order valence-corrected chi connectivity index (χ2v) is 4.94. The van der Waals surface area contributed by atoms with E-state index in [4.69, 9.17) is 10.8 Å². The first-order valence-electron chi connectivity index (χ1n) is 6.25. The summed E-state index contributed by atoms with van der Waals surface area (Å²) in [6.07, 6.45) is 1.91. The average molecular weight is 291 g/mol. The van der Waals surface area contributed by atoms with Gasteiger partial charge in [-0.25, -0.2) is 4.79 Å². The van der Waals surface area contributed by atoms with E-state index in [2.05, 4.69) is 11.2 Å². The van der Waals surface area contributed by atoms with Crippen LogP contribution in [0.2, 0.25) is 0 Å². The third kappa shape index (κ3) is 3.04. The average Bonchev–Trinajstić information content (AvgIpc) is 2.81. The van der Waals surface area contributed by atoms with Gasteiger partial charge >= 0.3 is 11.9 Å². The van der Waals surface area contributed by atoms with E-state index in [0.717, 1.165) is 10.9 Å². The first kappa shape index (κ1) is 15.0. The molecule has 1 aromatic carbocycles. The highest BCUT2D eigenvalue weighted by Crippen LogP contribution is 2.25. The standard InChI is InChI=1S/C14H15N2O5/c15-10(12(17)18)6-14(21,13(19)20)5-8-7-16-11-4-2-1-3-9(8)11/h1-4,10,16,21H,5-6,15H2,(H,17,18)(H,19,20). The van der Waals surface area contributed by atoms with E-state index >= 15 is 0 Å². The Morgan fingerprint density at radius 2 is 2.00 bits per heavy atom. The van der Waals surface area contributed by atoms with E-state index in [1.54, 1.807) is 24.3 Å². The molecule has 0 saturated heterocycles. The molecule has 0 aliphatic carbocycles. The molecule has 21 heavy (non-hydrogen) atoms. The largest absolute Gasteiger partial charge is 0.480 e. The number of nitrogens with two attached hydrogens (primary N) is 1. The normalized spacial score (nSPS) is 15.5. The maximum atomic E-state index is 11.3. The monoisotopic (exact) mass is 291 g/mol. The number of nitrogens with one attached hydrogen (secondary N) is 1. The second kappa shape index (κ2) is 5.55. The van der Waals surface area contributed by atoms with Gasteiger partial charge in [0, 0.05) is 23.7 Å². The van der Waals surface area contributed by atoms with E-state index in [1.807, 2.05) is 0 Å². The number of carboxylic acids is 2. The predicted molar refractivity (Wildman–Crippen MR) is 73.7 cm³/mol. The van der Waals surface area contributed by atoms with Crippen molar-refractivity contribution in [3.8, 4) is 0 Å². The molecule has 2 atom stereocenters. The molecule has 0 fully saturated rings. The molecule has 7 heteroatoms. The summed E-state index contributed by atoms with van der Waals surface area (Å²) in [7, 11) is 0. The Morgan fingerprint density at radius 3 is 2.62 bits per heavy atom. The van der Waals surface area contributed by atoms with Crippen LogP contribution in [-0.4, -0.2) is 43.9 Å². The number of aromatic nitrogens is 1. The number of para-hydroxylation sites is 1. The minimum Gasteiger partial charge on any atom is -0.480 e. The molecule has 0 aliphatic heterocycles. The molecular weight excluding hydrogens is 276 g/mol. The van der Waals surface area contributed by atoms with Gasteiger partial charge in [-0.1, -0.05) is 18.2 Å². The summed E-state index contributed by atoms with van der Waals surface area (Å²) >= 11 is 0. The maximum Gasteiger partial charge on any atom is 0.336 e. The summed E-state index contributed by atoms with van der Waals surface area (Å²) in [6, 6.07) is 5.67. The smallest absolute Gasteiger partial charge is 0.336 e. The zero-order chi connectivity index (χ0) is 15.6. The van der Waals surface area contributed by atoms with E-state index < -0.39 is 30.0 Å². The number of carbonyl (C=O) groups is 2. The fourth-order valence-electron chi connectivity index (χ4n) is 2.18. The summed E-state index contributed by atoms with van der Waals surface area (Å²) in [6.45, 7) is 0. The SMILES string of the molecule is NC(CC(O)(Cc1[c][nH]c2ccccc12)C(=O)O)C(=O)O. The van der Waals surface area contributed by atoms with Crippen molar-refractivity contribution < 1.29 is 24.9 Å². The molecule has 0 spiro atoms. The van der Waals surface area contributed by atoms with Gasteiger partial charge in [-0.05, 0) is 11.6 Å². The van der Waals surface area contributed by atoms with Crippen molar-refractivity contribution >= 4 is 22.8 Å². The lowest BCUT2D eigenvalue weighted by Crippen LogP contribution is -2.48. The van der Waals surface area contributed by atoms with Crippen LogP contribution in [0.25, 0.3) is 10.9 Å². The number of rotatable bonds is 6. The Kier molecular flexibility index (Phi) is 3.97. The van der Waals surface area contributed by atoms with Crippen molar-refractivity contribution in [2.45, 2.75) is 24.5 Å². The lowest BCUT2D eigenvalue weighted by atomic mass is 9.88. The first-order chi connectivity index (χ1) is 9.83. The molecule has 7 nitrogen and oxygen atoms in total. The number of fused-ring (bicyclic) bond motifs is 1. The Hall–Kier alpha value is -2.38. The van der Waals surface area contributed by atoms with Gasteiger partial charge < -0.3 is 26.0 Å². The molecular formula is C14H15N2O5. The van der Waals surface area contributed by atoms with Crippen LogP contribution in [0, 0.1) is 6.20 Å². The Morgan fingerprint density at radius 1 is 1.33 bits per heavy atom. The van der Waals surface area contributed by atoms with Gasteiger partial charge in [0.15, 0.2) is 5.60 Å². The zero-order valence-electron chi connectivity index (χ0n) is 11.0. The van der Waals surface area contributed by atoms with Gasteiger partial charge in [-0.15, -0.1) is 0 Å². The molecule has 111 valence electrons. The molecule has 2 unspecified atom stereocenters.